The Kier molecular flexibility index (Phi) is 10.4. The minimum absolute atomic E-state index is 0.342. The fourth-order valence-electron chi connectivity index (χ4n) is 3.40. The molecule has 4 nitrogen and oxygen atoms in total. The van der Waals surface area contributed by atoms with E-state index < -0.39 is 5.60 Å². The molecule has 1 amide bonds. The molecule has 2 N–H and O–H groups in total. The van der Waals surface area contributed by atoms with E-state index in [4.69, 9.17) is 4.74 Å². The standard InChI is InChI=1S/C26H38N2O2/c1-26(2,3)30-25(29)28-20-10-19-27-21-24(17-15-22-11-6-4-7-12-22)18-16-23-13-8-5-9-14-23/h4-9,11-14,24,27H,10,15-21H2,1-3H3,(H,28,29). The third-order valence-corrected chi connectivity index (χ3v) is 5.00. The van der Waals surface area contributed by atoms with Crippen molar-refractivity contribution in [1.82, 2.24) is 10.6 Å². The molecule has 0 aromatic heterocycles. The Morgan fingerprint density at radius 1 is 0.867 bits per heavy atom. The molecule has 0 heterocycles. The second-order valence-electron chi connectivity index (χ2n) is 8.90. The zero-order chi connectivity index (χ0) is 21.7. The van der Waals surface area contributed by atoms with Gasteiger partial charge in [-0.2, -0.15) is 0 Å². The Labute approximate surface area is 182 Å². The van der Waals surface area contributed by atoms with Crippen LogP contribution in [-0.4, -0.2) is 31.3 Å². The van der Waals surface area contributed by atoms with E-state index in [1.54, 1.807) is 0 Å². The summed E-state index contributed by atoms with van der Waals surface area (Å²) in [5, 5.41) is 6.41. The van der Waals surface area contributed by atoms with Crippen LogP contribution >= 0.6 is 0 Å². The normalized spacial score (nSPS) is 11.5. The number of alkyl carbamates (subject to hydrolysis) is 1. The van der Waals surface area contributed by atoms with Gasteiger partial charge in [0.2, 0.25) is 0 Å². The van der Waals surface area contributed by atoms with Crippen LogP contribution in [0.1, 0.15) is 51.2 Å². The second-order valence-corrected chi connectivity index (χ2v) is 8.90. The number of ether oxygens (including phenoxy) is 1. The molecule has 0 unspecified atom stereocenters. The van der Waals surface area contributed by atoms with Crippen molar-refractivity contribution in [3.8, 4) is 0 Å². The average molecular weight is 411 g/mol. The Balaban J connectivity index is 1.70. The van der Waals surface area contributed by atoms with Crippen LogP contribution in [0.2, 0.25) is 0 Å². The summed E-state index contributed by atoms with van der Waals surface area (Å²) < 4.78 is 5.26. The molecule has 2 rings (SSSR count). The van der Waals surface area contributed by atoms with Crippen LogP contribution in [0.15, 0.2) is 60.7 Å². The summed E-state index contributed by atoms with van der Waals surface area (Å²) in [5.41, 5.74) is 2.36. The van der Waals surface area contributed by atoms with Gasteiger partial charge < -0.3 is 15.4 Å². The van der Waals surface area contributed by atoms with Crippen molar-refractivity contribution < 1.29 is 9.53 Å². The highest BCUT2D eigenvalue weighted by Crippen LogP contribution is 2.16. The number of aryl methyl sites for hydroxylation is 2. The molecule has 0 fully saturated rings. The van der Waals surface area contributed by atoms with Gasteiger partial charge in [-0.15, -0.1) is 0 Å². The number of carbonyl (C=O) groups excluding carboxylic acids is 1. The van der Waals surface area contributed by atoms with Crippen molar-refractivity contribution in [2.45, 2.75) is 58.5 Å². The molecule has 0 radical (unpaired) electrons. The lowest BCUT2D eigenvalue weighted by Gasteiger charge is -2.20. The summed E-state index contributed by atoms with van der Waals surface area (Å²) in [6.45, 7) is 8.15. The lowest BCUT2D eigenvalue weighted by molar-refractivity contribution is 0.0527. The van der Waals surface area contributed by atoms with Crippen LogP contribution < -0.4 is 10.6 Å². The lowest BCUT2D eigenvalue weighted by atomic mass is 9.93. The largest absolute Gasteiger partial charge is 0.444 e. The van der Waals surface area contributed by atoms with E-state index in [-0.39, 0.29) is 6.09 Å². The van der Waals surface area contributed by atoms with E-state index >= 15 is 0 Å². The Morgan fingerprint density at radius 3 is 1.90 bits per heavy atom. The first-order chi connectivity index (χ1) is 14.4. The summed E-state index contributed by atoms with van der Waals surface area (Å²) in [6.07, 6.45) is 5.14. The van der Waals surface area contributed by atoms with Crippen LogP contribution in [-0.2, 0) is 17.6 Å². The van der Waals surface area contributed by atoms with Gasteiger partial charge in [-0.1, -0.05) is 60.7 Å². The molecule has 0 saturated carbocycles. The summed E-state index contributed by atoms with van der Waals surface area (Å²) in [6, 6.07) is 21.5. The van der Waals surface area contributed by atoms with E-state index in [9.17, 15) is 4.79 Å². The lowest BCUT2D eigenvalue weighted by Crippen LogP contribution is -2.34. The molecule has 0 bridgehead atoms. The third-order valence-electron chi connectivity index (χ3n) is 5.00. The van der Waals surface area contributed by atoms with E-state index in [0.29, 0.717) is 12.5 Å². The van der Waals surface area contributed by atoms with Crippen molar-refractivity contribution in [1.29, 1.82) is 0 Å². The maximum atomic E-state index is 11.7. The molecule has 30 heavy (non-hydrogen) atoms. The van der Waals surface area contributed by atoms with Gasteiger partial charge in [-0.25, -0.2) is 4.79 Å². The van der Waals surface area contributed by atoms with Gasteiger partial charge in [-0.05, 0) is 83.0 Å². The van der Waals surface area contributed by atoms with E-state index in [0.717, 1.165) is 32.4 Å². The van der Waals surface area contributed by atoms with Gasteiger partial charge in [0.05, 0.1) is 0 Å². The highest BCUT2D eigenvalue weighted by atomic mass is 16.6. The average Bonchev–Trinajstić information content (AvgIpc) is 2.72. The smallest absolute Gasteiger partial charge is 0.407 e. The van der Waals surface area contributed by atoms with Gasteiger partial charge in [0, 0.05) is 6.54 Å². The Bertz CT molecular complexity index is 667. The van der Waals surface area contributed by atoms with Crippen LogP contribution in [0.25, 0.3) is 0 Å². The quantitative estimate of drug-likeness (QED) is 0.462. The molecule has 0 saturated heterocycles. The molecular weight excluding hydrogens is 372 g/mol. The molecular formula is C26H38N2O2. The number of amides is 1. The van der Waals surface area contributed by atoms with Crippen molar-refractivity contribution in [3.63, 3.8) is 0 Å². The maximum absolute atomic E-state index is 11.7. The molecule has 0 spiro atoms. The predicted octanol–water partition coefficient (Wildman–Crippen LogP) is 5.37. The molecule has 0 aliphatic heterocycles. The topological polar surface area (TPSA) is 50.4 Å². The number of hydrogen-bond acceptors (Lipinski definition) is 3. The fourth-order valence-corrected chi connectivity index (χ4v) is 3.40. The van der Waals surface area contributed by atoms with E-state index in [1.165, 1.54) is 24.0 Å². The monoisotopic (exact) mass is 410 g/mol. The molecule has 0 aliphatic rings. The Hall–Kier alpha value is -2.33. The molecule has 0 atom stereocenters. The summed E-state index contributed by atoms with van der Waals surface area (Å²) in [4.78, 5) is 11.7. The van der Waals surface area contributed by atoms with Crippen LogP contribution in [0.4, 0.5) is 4.79 Å². The van der Waals surface area contributed by atoms with Crippen molar-refractivity contribution in [2.75, 3.05) is 19.6 Å². The first-order valence-electron chi connectivity index (χ1n) is 11.2. The SMILES string of the molecule is CC(C)(C)OC(=O)NCCCNCC(CCc1ccccc1)CCc1ccccc1. The highest BCUT2D eigenvalue weighted by molar-refractivity contribution is 5.67. The van der Waals surface area contributed by atoms with Gasteiger partial charge in [-0.3, -0.25) is 0 Å². The summed E-state index contributed by atoms with van der Waals surface area (Å²) in [7, 11) is 0. The predicted molar refractivity (Wildman–Crippen MR) is 125 cm³/mol. The van der Waals surface area contributed by atoms with Gasteiger partial charge in [0.1, 0.15) is 5.60 Å². The number of nitrogens with one attached hydrogen (secondary N) is 2. The van der Waals surface area contributed by atoms with Crippen LogP contribution in [0.5, 0.6) is 0 Å². The molecule has 164 valence electrons. The fraction of sp³-hybridized carbons (Fsp3) is 0.500. The third kappa shape index (κ3) is 11.0. The minimum atomic E-state index is -0.451. The van der Waals surface area contributed by atoms with Gasteiger partial charge in [0.25, 0.3) is 0 Å². The van der Waals surface area contributed by atoms with Gasteiger partial charge >= 0.3 is 6.09 Å². The first kappa shape index (κ1) is 23.9. The summed E-state index contributed by atoms with van der Waals surface area (Å²) in [5.74, 6) is 0.629. The van der Waals surface area contributed by atoms with Gasteiger partial charge in [0.15, 0.2) is 0 Å². The van der Waals surface area contributed by atoms with E-state index in [2.05, 4.69) is 71.3 Å². The van der Waals surface area contributed by atoms with Crippen LogP contribution in [0.3, 0.4) is 0 Å². The first-order valence-corrected chi connectivity index (χ1v) is 11.2. The zero-order valence-electron chi connectivity index (χ0n) is 18.8. The maximum Gasteiger partial charge on any atom is 0.407 e. The van der Waals surface area contributed by atoms with Crippen molar-refractivity contribution in [2.24, 2.45) is 5.92 Å². The zero-order valence-corrected chi connectivity index (χ0v) is 18.8. The van der Waals surface area contributed by atoms with Crippen LogP contribution in [0, 0.1) is 5.92 Å². The second kappa shape index (κ2) is 13.1. The highest BCUT2D eigenvalue weighted by Gasteiger charge is 2.15. The van der Waals surface area contributed by atoms with E-state index in [1.807, 2.05) is 20.8 Å². The number of hydrogen-bond donors (Lipinski definition) is 2. The molecule has 4 heteroatoms. The Morgan fingerprint density at radius 2 is 1.40 bits per heavy atom. The number of carbonyl (C=O) groups is 1. The molecule has 0 aliphatic carbocycles. The summed E-state index contributed by atoms with van der Waals surface area (Å²) >= 11 is 0. The molecule has 2 aromatic rings. The van der Waals surface area contributed by atoms with Crippen molar-refractivity contribution in [3.05, 3.63) is 71.8 Å². The van der Waals surface area contributed by atoms with Crippen molar-refractivity contribution >= 4 is 6.09 Å². The number of rotatable bonds is 12. The number of benzene rings is 2. The minimum Gasteiger partial charge on any atom is -0.444 e. The molecule has 2 aromatic carbocycles.